The summed E-state index contributed by atoms with van der Waals surface area (Å²) in [5.74, 6) is -0.374. The molecule has 2 aromatic heterocycles. The van der Waals surface area contributed by atoms with Gasteiger partial charge in [-0.1, -0.05) is 0 Å². The highest BCUT2D eigenvalue weighted by atomic mass is 32.1. The maximum atomic E-state index is 12.9. The van der Waals surface area contributed by atoms with E-state index in [0.29, 0.717) is 21.9 Å². The smallest absolute Gasteiger partial charge is 0.341 e. The van der Waals surface area contributed by atoms with Crippen LogP contribution in [0, 0.1) is 6.92 Å². The van der Waals surface area contributed by atoms with Crippen LogP contribution in [0.2, 0.25) is 0 Å². The number of anilines is 1. The van der Waals surface area contributed by atoms with Crippen LogP contribution in [0.5, 0.6) is 5.75 Å². The summed E-state index contributed by atoms with van der Waals surface area (Å²) in [4.78, 5) is 38.3. The number of esters is 1. The fraction of sp³-hybridized carbons (Fsp3) is 0.375. The third kappa shape index (κ3) is 4.41. The molecule has 0 saturated carbocycles. The first-order chi connectivity index (χ1) is 15.4. The van der Waals surface area contributed by atoms with Gasteiger partial charge in [-0.15, -0.1) is 11.3 Å². The zero-order valence-corrected chi connectivity index (χ0v) is 19.1. The molecule has 8 heteroatoms. The number of fused-ring (bicyclic) bond motifs is 2. The van der Waals surface area contributed by atoms with Crippen molar-refractivity contribution in [3.05, 3.63) is 56.3 Å². The Labute approximate surface area is 189 Å². The van der Waals surface area contributed by atoms with Crippen molar-refractivity contribution in [1.82, 2.24) is 0 Å². The van der Waals surface area contributed by atoms with Crippen LogP contribution in [0.15, 0.2) is 33.5 Å². The molecule has 0 saturated heterocycles. The monoisotopic (exact) mass is 455 g/mol. The Morgan fingerprint density at radius 1 is 1.22 bits per heavy atom. The molecule has 1 aliphatic carbocycles. The molecule has 2 heterocycles. The number of benzene rings is 1. The maximum absolute atomic E-state index is 12.9. The van der Waals surface area contributed by atoms with Gasteiger partial charge >= 0.3 is 11.6 Å². The number of hydrogen-bond acceptors (Lipinski definition) is 7. The van der Waals surface area contributed by atoms with Crippen LogP contribution in [0.4, 0.5) is 5.00 Å². The number of aryl methyl sites for hydroxylation is 2. The number of carbonyl (C=O) groups is 2. The van der Waals surface area contributed by atoms with E-state index in [-0.39, 0.29) is 12.5 Å². The van der Waals surface area contributed by atoms with E-state index < -0.39 is 17.7 Å². The van der Waals surface area contributed by atoms with E-state index in [1.807, 2.05) is 6.92 Å². The summed E-state index contributed by atoms with van der Waals surface area (Å²) in [7, 11) is 0. The fourth-order valence-electron chi connectivity index (χ4n) is 3.92. The molecule has 1 aromatic carbocycles. The van der Waals surface area contributed by atoms with Gasteiger partial charge < -0.3 is 19.2 Å². The minimum absolute atomic E-state index is 0.272. The van der Waals surface area contributed by atoms with Gasteiger partial charge in [-0.3, -0.25) is 4.79 Å². The van der Waals surface area contributed by atoms with Crippen LogP contribution in [0.3, 0.4) is 0 Å². The second-order valence-electron chi connectivity index (χ2n) is 7.79. The van der Waals surface area contributed by atoms with Crippen LogP contribution >= 0.6 is 11.3 Å². The molecule has 0 unspecified atom stereocenters. The van der Waals surface area contributed by atoms with Gasteiger partial charge in [-0.2, -0.15) is 0 Å². The lowest BCUT2D eigenvalue weighted by molar-refractivity contribution is -0.122. The molecule has 4 rings (SSSR count). The van der Waals surface area contributed by atoms with E-state index >= 15 is 0 Å². The molecular weight excluding hydrogens is 430 g/mol. The van der Waals surface area contributed by atoms with Crippen molar-refractivity contribution in [3.63, 3.8) is 0 Å². The normalized spacial score (nSPS) is 14.0. The molecule has 1 aliphatic rings. The highest BCUT2D eigenvalue weighted by Crippen LogP contribution is 2.38. The summed E-state index contributed by atoms with van der Waals surface area (Å²) in [5.41, 5.74) is 2.22. The van der Waals surface area contributed by atoms with E-state index in [9.17, 15) is 14.4 Å². The number of thiophene rings is 1. The van der Waals surface area contributed by atoms with Gasteiger partial charge in [-0.05, 0) is 69.7 Å². The predicted octanol–water partition coefficient (Wildman–Crippen LogP) is 4.62. The standard InChI is InChI=1S/C24H25NO6S/c1-4-29-24(28)21-17-7-5-6-8-19(17)32-23(21)25-22(27)14(3)30-15-9-10-16-13(2)11-20(26)31-18(16)12-15/h9-12,14H,4-8H2,1-3H3,(H,25,27)/t14-/m1/s1. The third-order valence-corrected chi connectivity index (χ3v) is 6.70. The molecule has 7 nitrogen and oxygen atoms in total. The maximum Gasteiger partial charge on any atom is 0.341 e. The largest absolute Gasteiger partial charge is 0.481 e. The summed E-state index contributed by atoms with van der Waals surface area (Å²) in [6.45, 7) is 5.49. The molecule has 0 fully saturated rings. The topological polar surface area (TPSA) is 94.8 Å². The molecule has 3 aromatic rings. The first-order valence-electron chi connectivity index (χ1n) is 10.7. The van der Waals surface area contributed by atoms with Crippen LogP contribution in [-0.4, -0.2) is 24.6 Å². The summed E-state index contributed by atoms with van der Waals surface area (Å²) in [5, 5.41) is 4.18. The Morgan fingerprint density at radius 2 is 2.00 bits per heavy atom. The van der Waals surface area contributed by atoms with Crippen LogP contribution < -0.4 is 15.7 Å². The molecule has 0 bridgehead atoms. The fourth-order valence-corrected chi connectivity index (χ4v) is 5.20. The molecule has 0 aliphatic heterocycles. The van der Waals surface area contributed by atoms with Crippen molar-refractivity contribution in [2.24, 2.45) is 0 Å². The van der Waals surface area contributed by atoms with E-state index in [1.54, 1.807) is 32.0 Å². The summed E-state index contributed by atoms with van der Waals surface area (Å²) in [6.07, 6.45) is 2.96. The minimum Gasteiger partial charge on any atom is -0.481 e. The first-order valence-corrected chi connectivity index (χ1v) is 11.5. The number of nitrogens with one attached hydrogen (secondary N) is 1. The average Bonchev–Trinajstić information content (AvgIpc) is 3.11. The lowest BCUT2D eigenvalue weighted by Crippen LogP contribution is -2.30. The Kier molecular flexibility index (Phi) is 6.32. The molecular formula is C24H25NO6S. The van der Waals surface area contributed by atoms with Crippen molar-refractivity contribution >= 4 is 39.2 Å². The second-order valence-corrected chi connectivity index (χ2v) is 8.90. The average molecular weight is 456 g/mol. The number of rotatable bonds is 6. The van der Waals surface area contributed by atoms with E-state index in [4.69, 9.17) is 13.9 Å². The minimum atomic E-state index is -0.835. The number of hydrogen-bond donors (Lipinski definition) is 1. The van der Waals surface area contributed by atoms with Crippen molar-refractivity contribution in [1.29, 1.82) is 0 Å². The van der Waals surface area contributed by atoms with Crippen LogP contribution in [0.1, 0.15) is 53.1 Å². The summed E-state index contributed by atoms with van der Waals surface area (Å²) in [6, 6.07) is 6.55. The summed E-state index contributed by atoms with van der Waals surface area (Å²) >= 11 is 1.44. The third-order valence-electron chi connectivity index (χ3n) is 5.49. The van der Waals surface area contributed by atoms with Gasteiger partial charge in [0.1, 0.15) is 16.3 Å². The Hall–Kier alpha value is -3.13. The van der Waals surface area contributed by atoms with Crippen LogP contribution in [0.25, 0.3) is 11.0 Å². The van der Waals surface area contributed by atoms with Crippen molar-refractivity contribution in [3.8, 4) is 5.75 Å². The predicted molar refractivity (Wildman–Crippen MR) is 123 cm³/mol. The molecule has 32 heavy (non-hydrogen) atoms. The first kappa shape index (κ1) is 22.1. The second kappa shape index (κ2) is 9.16. The Balaban J connectivity index is 1.54. The number of amides is 1. The van der Waals surface area contributed by atoms with Gasteiger partial charge in [0.05, 0.1) is 12.2 Å². The van der Waals surface area contributed by atoms with Gasteiger partial charge in [-0.25, -0.2) is 9.59 Å². The number of ether oxygens (including phenoxy) is 2. The van der Waals surface area contributed by atoms with E-state index in [2.05, 4.69) is 5.32 Å². The Bertz CT molecular complexity index is 1240. The van der Waals surface area contributed by atoms with Gasteiger partial charge in [0.25, 0.3) is 5.91 Å². The van der Waals surface area contributed by atoms with Gasteiger partial charge in [0, 0.05) is 22.4 Å². The molecule has 0 spiro atoms. The van der Waals surface area contributed by atoms with Crippen LogP contribution in [-0.2, 0) is 22.4 Å². The number of carbonyl (C=O) groups excluding carboxylic acids is 2. The van der Waals surface area contributed by atoms with Crippen molar-refractivity contribution < 1.29 is 23.5 Å². The molecule has 0 radical (unpaired) electrons. The molecule has 168 valence electrons. The quantitative estimate of drug-likeness (QED) is 0.430. The van der Waals surface area contributed by atoms with E-state index in [0.717, 1.165) is 47.1 Å². The lowest BCUT2D eigenvalue weighted by Gasteiger charge is -2.15. The van der Waals surface area contributed by atoms with Crippen molar-refractivity contribution in [2.75, 3.05) is 11.9 Å². The summed E-state index contributed by atoms with van der Waals surface area (Å²) < 4.78 is 16.3. The molecule has 1 atom stereocenters. The van der Waals surface area contributed by atoms with Crippen molar-refractivity contribution in [2.45, 2.75) is 52.6 Å². The highest BCUT2D eigenvalue weighted by Gasteiger charge is 2.28. The van der Waals surface area contributed by atoms with Gasteiger partial charge in [0.2, 0.25) is 0 Å². The van der Waals surface area contributed by atoms with E-state index in [1.165, 1.54) is 17.4 Å². The molecule has 1 amide bonds. The SMILES string of the molecule is CCOC(=O)c1c(NC(=O)[C@@H](C)Oc2ccc3c(C)cc(=O)oc3c2)sc2c1CCCC2. The molecule has 1 N–H and O–H groups in total. The Morgan fingerprint density at radius 3 is 2.78 bits per heavy atom. The lowest BCUT2D eigenvalue weighted by atomic mass is 9.95. The van der Waals surface area contributed by atoms with Gasteiger partial charge in [0.15, 0.2) is 6.10 Å². The zero-order valence-electron chi connectivity index (χ0n) is 18.3. The zero-order chi connectivity index (χ0) is 22.8. The highest BCUT2D eigenvalue weighted by molar-refractivity contribution is 7.17.